The first-order valence-electron chi connectivity index (χ1n) is 10.2. The summed E-state index contributed by atoms with van der Waals surface area (Å²) in [6.45, 7) is 2.01. The Morgan fingerprint density at radius 1 is 1.03 bits per heavy atom. The molecule has 0 unspecified atom stereocenters. The molecule has 0 saturated heterocycles. The van der Waals surface area contributed by atoms with Crippen LogP contribution in [-0.2, 0) is 11.4 Å². The van der Waals surface area contributed by atoms with E-state index in [-0.39, 0.29) is 12.5 Å². The third-order valence-corrected chi connectivity index (χ3v) is 4.95. The Bertz CT molecular complexity index is 1150. The molecule has 0 heterocycles. The van der Waals surface area contributed by atoms with Crippen molar-refractivity contribution in [2.75, 3.05) is 13.7 Å². The lowest BCUT2D eigenvalue weighted by molar-refractivity contribution is -0.120. The van der Waals surface area contributed by atoms with Gasteiger partial charge in [-0.05, 0) is 60.0 Å². The predicted octanol–water partition coefficient (Wildman–Crippen LogP) is 4.12. The van der Waals surface area contributed by atoms with Crippen molar-refractivity contribution in [2.24, 2.45) is 5.10 Å². The summed E-state index contributed by atoms with van der Waals surface area (Å²) in [6, 6.07) is 19.8. The van der Waals surface area contributed by atoms with Crippen LogP contribution < -0.4 is 20.2 Å². The average Bonchev–Trinajstić information content (AvgIpc) is 2.83. The molecule has 0 saturated carbocycles. The van der Waals surface area contributed by atoms with E-state index in [2.05, 4.69) is 15.8 Å². The quantitative estimate of drug-likeness (QED) is 0.367. The third-order valence-electron chi connectivity index (χ3n) is 4.70. The van der Waals surface area contributed by atoms with Crippen molar-refractivity contribution in [1.29, 1.82) is 0 Å². The molecule has 0 spiro atoms. The summed E-state index contributed by atoms with van der Waals surface area (Å²) in [5, 5.41) is 7.18. The van der Waals surface area contributed by atoms with Crippen molar-refractivity contribution < 1.29 is 19.1 Å². The minimum atomic E-state index is -0.442. The van der Waals surface area contributed by atoms with Crippen molar-refractivity contribution in [3.63, 3.8) is 0 Å². The Kier molecular flexibility index (Phi) is 8.43. The van der Waals surface area contributed by atoms with Gasteiger partial charge in [0, 0.05) is 10.6 Å². The van der Waals surface area contributed by atoms with Crippen LogP contribution in [0.2, 0.25) is 5.02 Å². The van der Waals surface area contributed by atoms with E-state index in [1.54, 1.807) is 49.6 Å². The number of methoxy groups -OCH3 is 1. The summed E-state index contributed by atoms with van der Waals surface area (Å²) in [7, 11) is 1.55. The molecule has 0 fully saturated rings. The zero-order valence-electron chi connectivity index (χ0n) is 18.3. The number of hydrogen-bond acceptors (Lipinski definition) is 5. The molecule has 0 radical (unpaired) electrons. The minimum absolute atomic E-state index is 0.189. The number of hydrazone groups is 1. The van der Waals surface area contributed by atoms with E-state index >= 15 is 0 Å². The molecule has 0 aliphatic rings. The summed E-state index contributed by atoms with van der Waals surface area (Å²) in [4.78, 5) is 24.1. The number of carbonyl (C=O) groups excluding carboxylic acids is 2. The predicted molar refractivity (Wildman–Crippen MR) is 128 cm³/mol. The number of carbonyl (C=O) groups is 2. The largest absolute Gasteiger partial charge is 0.493 e. The molecule has 7 nitrogen and oxygen atoms in total. The Labute approximate surface area is 197 Å². The van der Waals surface area contributed by atoms with E-state index < -0.39 is 5.91 Å². The Balaban J connectivity index is 1.50. The summed E-state index contributed by atoms with van der Waals surface area (Å²) in [5.41, 5.74) is 5.43. The second-order valence-electron chi connectivity index (χ2n) is 7.12. The number of rotatable bonds is 9. The second kappa shape index (κ2) is 11.7. The van der Waals surface area contributed by atoms with Gasteiger partial charge >= 0.3 is 0 Å². The number of aryl methyl sites for hydroxylation is 1. The maximum Gasteiger partial charge on any atom is 0.259 e. The fourth-order valence-electron chi connectivity index (χ4n) is 2.93. The van der Waals surface area contributed by atoms with Gasteiger partial charge in [-0.2, -0.15) is 5.10 Å². The molecule has 0 aliphatic heterocycles. The van der Waals surface area contributed by atoms with Gasteiger partial charge in [0.05, 0.1) is 19.9 Å². The highest BCUT2D eigenvalue weighted by molar-refractivity contribution is 6.30. The summed E-state index contributed by atoms with van der Waals surface area (Å²) in [5.74, 6) is 0.353. The van der Waals surface area contributed by atoms with Gasteiger partial charge in [-0.15, -0.1) is 0 Å². The van der Waals surface area contributed by atoms with E-state index in [9.17, 15) is 9.59 Å². The van der Waals surface area contributed by atoms with Crippen molar-refractivity contribution in [1.82, 2.24) is 10.7 Å². The first kappa shape index (κ1) is 23.8. The molecular formula is C25H24ClN3O4. The highest BCUT2D eigenvalue weighted by atomic mass is 35.5. The maximum absolute atomic E-state index is 12.2. The highest BCUT2D eigenvalue weighted by Gasteiger charge is 2.10. The molecule has 3 aromatic rings. The Morgan fingerprint density at radius 3 is 2.52 bits per heavy atom. The molecule has 0 bridgehead atoms. The number of hydrogen-bond donors (Lipinski definition) is 2. The van der Waals surface area contributed by atoms with Crippen LogP contribution in [0.5, 0.6) is 11.5 Å². The molecule has 33 heavy (non-hydrogen) atoms. The maximum atomic E-state index is 12.2. The SMILES string of the molecule is COc1cc(/C=N\NC(=O)CNC(=O)c2ccccc2C)ccc1OCc1ccc(Cl)cc1. The van der Waals surface area contributed by atoms with E-state index in [0.29, 0.717) is 34.3 Å². The second-order valence-corrected chi connectivity index (χ2v) is 7.55. The van der Waals surface area contributed by atoms with E-state index in [1.807, 2.05) is 31.2 Å². The number of halogens is 1. The summed E-state index contributed by atoms with van der Waals surface area (Å²) >= 11 is 5.90. The topological polar surface area (TPSA) is 89.0 Å². The van der Waals surface area contributed by atoms with Crippen LogP contribution in [-0.4, -0.2) is 31.7 Å². The van der Waals surface area contributed by atoms with E-state index in [1.165, 1.54) is 6.21 Å². The van der Waals surface area contributed by atoms with Gasteiger partial charge in [-0.1, -0.05) is 41.9 Å². The Hall–Kier alpha value is -3.84. The van der Waals surface area contributed by atoms with Crippen molar-refractivity contribution >= 4 is 29.6 Å². The van der Waals surface area contributed by atoms with Crippen LogP contribution in [0.25, 0.3) is 0 Å². The molecule has 2 N–H and O–H groups in total. The van der Waals surface area contributed by atoms with Gasteiger partial charge < -0.3 is 14.8 Å². The van der Waals surface area contributed by atoms with Gasteiger partial charge in [0.1, 0.15) is 6.61 Å². The number of amides is 2. The molecule has 0 aliphatic carbocycles. The normalized spacial score (nSPS) is 10.6. The summed E-state index contributed by atoms with van der Waals surface area (Å²) in [6.07, 6.45) is 1.48. The number of ether oxygens (including phenoxy) is 2. The van der Waals surface area contributed by atoms with Crippen molar-refractivity contribution in [3.8, 4) is 11.5 Å². The first-order valence-corrected chi connectivity index (χ1v) is 10.5. The number of benzene rings is 3. The molecule has 2 amide bonds. The van der Waals surface area contributed by atoms with Gasteiger partial charge in [0.25, 0.3) is 11.8 Å². The zero-order valence-corrected chi connectivity index (χ0v) is 19.1. The van der Waals surface area contributed by atoms with Gasteiger partial charge in [0.2, 0.25) is 0 Å². The smallest absolute Gasteiger partial charge is 0.259 e. The average molecular weight is 466 g/mol. The lowest BCUT2D eigenvalue weighted by atomic mass is 10.1. The summed E-state index contributed by atoms with van der Waals surface area (Å²) < 4.78 is 11.2. The fourth-order valence-corrected chi connectivity index (χ4v) is 3.05. The van der Waals surface area contributed by atoms with Crippen LogP contribution in [0, 0.1) is 6.92 Å². The molecule has 0 atom stereocenters. The minimum Gasteiger partial charge on any atom is -0.493 e. The van der Waals surface area contributed by atoms with Crippen LogP contribution in [0.15, 0.2) is 71.8 Å². The molecule has 8 heteroatoms. The van der Waals surface area contributed by atoms with Crippen LogP contribution >= 0.6 is 11.6 Å². The van der Waals surface area contributed by atoms with Crippen LogP contribution in [0.4, 0.5) is 0 Å². The van der Waals surface area contributed by atoms with Gasteiger partial charge in [0.15, 0.2) is 11.5 Å². The van der Waals surface area contributed by atoms with Crippen LogP contribution in [0.1, 0.15) is 27.0 Å². The number of nitrogens with zero attached hydrogens (tertiary/aromatic N) is 1. The highest BCUT2D eigenvalue weighted by Crippen LogP contribution is 2.28. The molecular weight excluding hydrogens is 442 g/mol. The molecule has 3 aromatic carbocycles. The zero-order chi connectivity index (χ0) is 23.6. The number of nitrogens with one attached hydrogen (secondary N) is 2. The van der Waals surface area contributed by atoms with Crippen molar-refractivity contribution in [3.05, 3.63) is 94.0 Å². The van der Waals surface area contributed by atoms with Crippen LogP contribution in [0.3, 0.4) is 0 Å². The Morgan fingerprint density at radius 2 is 1.79 bits per heavy atom. The lowest BCUT2D eigenvalue weighted by Gasteiger charge is -2.11. The van der Waals surface area contributed by atoms with Gasteiger partial charge in [-0.3, -0.25) is 9.59 Å². The van der Waals surface area contributed by atoms with Crippen molar-refractivity contribution in [2.45, 2.75) is 13.5 Å². The monoisotopic (exact) mass is 465 g/mol. The standard InChI is InChI=1S/C25H24ClN3O4/c1-17-5-3-4-6-21(17)25(31)27-15-24(30)29-28-14-19-9-12-22(23(13-19)32-2)33-16-18-7-10-20(26)11-8-18/h3-14H,15-16H2,1-2H3,(H,27,31)(H,29,30)/b28-14-. The molecule has 0 aromatic heterocycles. The lowest BCUT2D eigenvalue weighted by Crippen LogP contribution is -2.35. The molecule has 170 valence electrons. The fraction of sp³-hybridized carbons (Fsp3) is 0.160. The van der Waals surface area contributed by atoms with E-state index in [4.69, 9.17) is 21.1 Å². The third kappa shape index (κ3) is 7.08. The van der Waals surface area contributed by atoms with Gasteiger partial charge in [-0.25, -0.2) is 5.43 Å². The van der Waals surface area contributed by atoms with E-state index in [0.717, 1.165) is 11.1 Å². The first-order chi connectivity index (χ1) is 16.0. The molecule has 3 rings (SSSR count).